The lowest BCUT2D eigenvalue weighted by Crippen LogP contribution is -2.02. The Hall–Kier alpha value is -1.38. The molecule has 0 spiro atoms. The predicted molar refractivity (Wildman–Crippen MR) is 62.0 cm³/mol. The number of hydrogen-bond donors (Lipinski definition) is 0. The summed E-state index contributed by atoms with van der Waals surface area (Å²) in [6, 6.07) is 2.58. The molecule has 3 nitrogen and oxygen atoms in total. The van der Waals surface area contributed by atoms with Crippen molar-refractivity contribution in [3.8, 4) is 0 Å². The van der Waals surface area contributed by atoms with Crippen molar-refractivity contribution in [3.05, 3.63) is 24.0 Å². The smallest absolute Gasteiger partial charge is 0.108 e. The van der Waals surface area contributed by atoms with Crippen LogP contribution < -0.4 is 0 Å². The minimum atomic E-state index is 0.381. The van der Waals surface area contributed by atoms with Gasteiger partial charge in [0, 0.05) is 12.2 Å². The Morgan fingerprint density at radius 2 is 1.87 bits per heavy atom. The number of aromatic nitrogens is 3. The van der Waals surface area contributed by atoms with Crippen molar-refractivity contribution < 1.29 is 0 Å². The quantitative estimate of drug-likeness (QED) is 0.750. The Labute approximate surface area is 90.1 Å². The van der Waals surface area contributed by atoms with Crippen LogP contribution in [0.3, 0.4) is 0 Å². The Balaban J connectivity index is 2.61. The van der Waals surface area contributed by atoms with Crippen LogP contribution in [0.1, 0.15) is 45.2 Å². The summed E-state index contributed by atoms with van der Waals surface area (Å²) in [5, 5.41) is 4.35. The van der Waals surface area contributed by atoms with Gasteiger partial charge in [0.2, 0.25) is 0 Å². The maximum absolute atomic E-state index is 4.42. The molecule has 0 aliphatic heterocycles. The zero-order valence-corrected chi connectivity index (χ0v) is 9.73. The highest BCUT2D eigenvalue weighted by molar-refractivity contribution is 5.74. The lowest BCUT2D eigenvalue weighted by molar-refractivity contribution is 0.550. The Kier molecular flexibility index (Phi) is 2.47. The first-order valence-electron chi connectivity index (χ1n) is 5.42. The van der Waals surface area contributed by atoms with Crippen LogP contribution in [0.15, 0.2) is 18.5 Å². The Morgan fingerprint density at radius 1 is 1.13 bits per heavy atom. The summed E-state index contributed by atoms with van der Waals surface area (Å²) < 4.78 is 2.02. The second kappa shape index (κ2) is 3.65. The van der Waals surface area contributed by atoms with Gasteiger partial charge < -0.3 is 0 Å². The fourth-order valence-electron chi connectivity index (χ4n) is 1.67. The number of nitrogens with zero attached hydrogens (tertiary/aromatic N) is 3. The molecular weight excluding hydrogens is 186 g/mol. The van der Waals surface area contributed by atoms with E-state index < -0.39 is 0 Å². The molecule has 80 valence electrons. The molecule has 0 unspecified atom stereocenters. The zero-order valence-electron chi connectivity index (χ0n) is 9.73. The second-order valence-electron chi connectivity index (χ2n) is 4.51. The van der Waals surface area contributed by atoms with Crippen molar-refractivity contribution >= 4 is 11.0 Å². The monoisotopic (exact) mass is 203 g/mol. The van der Waals surface area contributed by atoms with Crippen molar-refractivity contribution in [1.29, 1.82) is 0 Å². The number of fused-ring (bicyclic) bond motifs is 1. The van der Waals surface area contributed by atoms with Gasteiger partial charge in [0.25, 0.3) is 0 Å². The third-order valence-corrected chi connectivity index (χ3v) is 2.63. The molecule has 15 heavy (non-hydrogen) atoms. The van der Waals surface area contributed by atoms with Gasteiger partial charge in [-0.15, -0.1) is 0 Å². The van der Waals surface area contributed by atoms with E-state index in [1.807, 2.05) is 17.1 Å². The lowest BCUT2D eigenvalue weighted by Gasteiger charge is -2.09. The van der Waals surface area contributed by atoms with Crippen LogP contribution >= 0.6 is 0 Å². The van der Waals surface area contributed by atoms with Gasteiger partial charge in [0.05, 0.1) is 11.7 Å². The zero-order chi connectivity index (χ0) is 11.0. The van der Waals surface area contributed by atoms with E-state index in [2.05, 4.69) is 43.8 Å². The first-order chi connectivity index (χ1) is 7.09. The average molecular weight is 203 g/mol. The third-order valence-electron chi connectivity index (χ3n) is 2.63. The Morgan fingerprint density at radius 3 is 2.47 bits per heavy atom. The molecule has 0 atom stereocenters. The van der Waals surface area contributed by atoms with Crippen LogP contribution in [0.5, 0.6) is 0 Å². The molecule has 0 aliphatic rings. The van der Waals surface area contributed by atoms with E-state index in [0.717, 1.165) is 11.0 Å². The maximum Gasteiger partial charge on any atom is 0.108 e. The topological polar surface area (TPSA) is 30.7 Å². The molecule has 0 aromatic carbocycles. The summed E-state index contributed by atoms with van der Waals surface area (Å²) >= 11 is 0. The van der Waals surface area contributed by atoms with Gasteiger partial charge in [0.15, 0.2) is 0 Å². The molecule has 0 fully saturated rings. The molecule has 0 amide bonds. The lowest BCUT2D eigenvalue weighted by atomic mass is 10.1. The highest BCUT2D eigenvalue weighted by Gasteiger charge is 2.08. The van der Waals surface area contributed by atoms with Crippen molar-refractivity contribution in [2.24, 2.45) is 0 Å². The van der Waals surface area contributed by atoms with E-state index in [-0.39, 0.29) is 0 Å². The Bertz CT molecular complexity index is 469. The van der Waals surface area contributed by atoms with Crippen molar-refractivity contribution in [2.75, 3.05) is 0 Å². The number of rotatable bonds is 2. The van der Waals surface area contributed by atoms with E-state index in [0.29, 0.717) is 12.0 Å². The summed E-state index contributed by atoms with van der Waals surface area (Å²) in [5.74, 6) is 0.511. The van der Waals surface area contributed by atoms with Crippen LogP contribution in [-0.2, 0) is 0 Å². The van der Waals surface area contributed by atoms with Crippen LogP contribution in [0.2, 0.25) is 0 Å². The van der Waals surface area contributed by atoms with Gasteiger partial charge in [-0.1, -0.05) is 13.8 Å². The van der Waals surface area contributed by atoms with Crippen molar-refractivity contribution in [1.82, 2.24) is 14.8 Å². The van der Waals surface area contributed by atoms with Gasteiger partial charge in [-0.05, 0) is 31.4 Å². The summed E-state index contributed by atoms with van der Waals surface area (Å²) in [4.78, 5) is 4.42. The molecule has 0 saturated heterocycles. The number of hydrogen-bond acceptors (Lipinski definition) is 2. The SMILES string of the molecule is CC(C)c1cnc2cnn(C(C)C)c2c1. The summed E-state index contributed by atoms with van der Waals surface area (Å²) in [6.45, 7) is 8.63. The van der Waals surface area contributed by atoms with Crippen molar-refractivity contribution in [2.45, 2.75) is 39.7 Å². The van der Waals surface area contributed by atoms with E-state index in [1.165, 1.54) is 5.56 Å². The highest BCUT2D eigenvalue weighted by atomic mass is 15.3. The molecule has 2 rings (SSSR count). The van der Waals surface area contributed by atoms with Gasteiger partial charge >= 0.3 is 0 Å². The molecule has 2 aromatic heterocycles. The molecule has 0 N–H and O–H groups in total. The van der Waals surface area contributed by atoms with Crippen LogP contribution in [0.4, 0.5) is 0 Å². The molecule has 2 heterocycles. The highest BCUT2D eigenvalue weighted by Crippen LogP contribution is 2.20. The standard InChI is InChI=1S/C12H17N3/c1-8(2)10-5-12-11(13-6-10)7-14-15(12)9(3)4/h5-9H,1-4H3. The fraction of sp³-hybridized carbons (Fsp3) is 0.500. The van der Waals surface area contributed by atoms with Crippen LogP contribution in [-0.4, -0.2) is 14.8 Å². The maximum atomic E-state index is 4.42. The second-order valence-corrected chi connectivity index (χ2v) is 4.51. The van der Waals surface area contributed by atoms with E-state index in [9.17, 15) is 0 Å². The normalized spacial score (nSPS) is 11.9. The number of pyridine rings is 1. The third kappa shape index (κ3) is 1.74. The molecular formula is C12H17N3. The van der Waals surface area contributed by atoms with E-state index in [1.54, 1.807) is 0 Å². The predicted octanol–water partition coefficient (Wildman–Crippen LogP) is 3.14. The minimum absolute atomic E-state index is 0.381. The van der Waals surface area contributed by atoms with Gasteiger partial charge in [-0.25, -0.2) is 0 Å². The molecule has 0 radical (unpaired) electrons. The van der Waals surface area contributed by atoms with Gasteiger partial charge in [-0.3, -0.25) is 9.67 Å². The first kappa shape index (κ1) is 10.1. The summed E-state index contributed by atoms with van der Waals surface area (Å²) in [6.07, 6.45) is 3.78. The molecule has 3 heteroatoms. The van der Waals surface area contributed by atoms with Gasteiger partial charge in [0.1, 0.15) is 5.52 Å². The van der Waals surface area contributed by atoms with Crippen LogP contribution in [0.25, 0.3) is 11.0 Å². The summed E-state index contributed by atoms with van der Waals surface area (Å²) in [7, 11) is 0. The molecule has 2 aromatic rings. The first-order valence-corrected chi connectivity index (χ1v) is 5.42. The van der Waals surface area contributed by atoms with Crippen molar-refractivity contribution in [3.63, 3.8) is 0 Å². The van der Waals surface area contributed by atoms with E-state index >= 15 is 0 Å². The van der Waals surface area contributed by atoms with Crippen LogP contribution in [0, 0.1) is 0 Å². The molecule has 0 bridgehead atoms. The average Bonchev–Trinajstić information content (AvgIpc) is 2.59. The van der Waals surface area contributed by atoms with E-state index in [4.69, 9.17) is 0 Å². The fourth-order valence-corrected chi connectivity index (χ4v) is 1.67. The largest absolute Gasteiger partial charge is 0.261 e. The minimum Gasteiger partial charge on any atom is -0.261 e. The van der Waals surface area contributed by atoms with Gasteiger partial charge in [-0.2, -0.15) is 5.10 Å². The summed E-state index contributed by atoms with van der Waals surface area (Å²) in [5.41, 5.74) is 3.38. The molecule has 0 aliphatic carbocycles. The molecule has 0 saturated carbocycles.